The molecule has 0 saturated carbocycles. The zero-order chi connectivity index (χ0) is 25.3. The maximum absolute atomic E-state index is 14.3. The molecule has 0 heterocycles. The molecular weight excluding hydrogens is 456 g/mol. The topological polar surface area (TPSA) is 89.9 Å². The van der Waals surface area contributed by atoms with Crippen molar-refractivity contribution in [2.45, 2.75) is 59.1 Å². The van der Waals surface area contributed by atoms with Gasteiger partial charge in [0.2, 0.25) is 0 Å². The Bertz CT molecular complexity index is 990. The highest BCUT2D eigenvalue weighted by Crippen LogP contribution is 2.38. The lowest BCUT2D eigenvalue weighted by atomic mass is 9.98. The Hall–Kier alpha value is -2.40. The molecule has 0 aromatic heterocycles. The Kier molecular flexibility index (Phi) is 11.1. The third kappa shape index (κ3) is 8.99. The summed E-state index contributed by atoms with van der Waals surface area (Å²) in [5.74, 6) is -1.08. The third-order valence-corrected chi connectivity index (χ3v) is 4.48. The summed E-state index contributed by atoms with van der Waals surface area (Å²) in [5.41, 5.74) is -5.90. The fraction of sp³-hybridized carbons (Fsp3) is 0.476. The highest BCUT2D eigenvalue weighted by Gasteiger charge is 2.49. The van der Waals surface area contributed by atoms with Gasteiger partial charge in [0.05, 0.1) is 12.2 Å². The zero-order valence-corrected chi connectivity index (χ0v) is 19.5. The fourth-order valence-corrected chi connectivity index (χ4v) is 2.79. The molecule has 11 heteroatoms. The number of aliphatic hydroxyl groups is 1. The molecule has 0 bridgehead atoms. The van der Waals surface area contributed by atoms with Gasteiger partial charge in [0.15, 0.2) is 5.75 Å². The predicted octanol–water partition coefficient (Wildman–Crippen LogP) is 5.03. The van der Waals surface area contributed by atoms with E-state index in [2.05, 4.69) is 8.92 Å². The minimum absolute atomic E-state index is 0.00424. The molecule has 2 aromatic carbocycles. The number of halogens is 4. The molecule has 32 heavy (non-hydrogen) atoms. The van der Waals surface area contributed by atoms with E-state index in [9.17, 15) is 30.8 Å². The van der Waals surface area contributed by atoms with Crippen LogP contribution in [0, 0.1) is 12.7 Å². The molecule has 2 rings (SSSR count). The molecular formula is C21H28F4O6S. The first-order valence-corrected chi connectivity index (χ1v) is 10.9. The summed E-state index contributed by atoms with van der Waals surface area (Å²) in [6.45, 7) is 10.8. The van der Waals surface area contributed by atoms with Gasteiger partial charge < -0.3 is 14.0 Å². The van der Waals surface area contributed by atoms with Gasteiger partial charge in [-0.25, -0.2) is 4.39 Å². The van der Waals surface area contributed by atoms with Gasteiger partial charge in [-0.3, -0.25) is 4.79 Å². The van der Waals surface area contributed by atoms with Crippen LogP contribution in [0.25, 0.3) is 10.8 Å². The van der Waals surface area contributed by atoms with Gasteiger partial charge in [-0.1, -0.05) is 31.2 Å². The van der Waals surface area contributed by atoms with E-state index in [-0.39, 0.29) is 28.3 Å². The third-order valence-electron chi connectivity index (χ3n) is 3.53. The first kappa shape index (κ1) is 29.6. The number of carbonyl (C=O) groups is 1. The molecule has 0 aliphatic heterocycles. The Morgan fingerprint density at radius 3 is 1.88 bits per heavy atom. The molecule has 0 amide bonds. The zero-order valence-electron chi connectivity index (χ0n) is 18.7. The molecule has 0 aliphatic carbocycles. The van der Waals surface area contributed by atoms with Crippen LogP contribution in [0.4, 0.5) is 17.6 Å². The predicted molar refractivity (Wildman–Crippen MR) is 113 cm³/mol. The average Bonchev–Trinajstić information content (AvgIpc) is 2.65. The van der Waals surface area contributed by atoms with Gasteiger partial charge >= 0.3 is 15.6 Å². The van der Waals surface area contributed by atoms with Crippen LogP contribution in [-0.4, -0.2) is 37.7 Å². The van der Waals surface area contributed by atoms with Gasteiger partial charge in [0, 0.05) is 16.3 Å². The van der Waals surface area contributed by atoms with Gasteiger partial charge in [0.25, 0.3) is 6.47 Å². The Labute approximate surface area is 185 Å². The summed E-state index contributed by atoms with van der Waals surface area (Å²) in [6.07, 6.45) is 0.121. The number of fused-ring (bicyclic) bond motifs is 1. The molecule has 0 spiro atoms. The molecule has 0 radical (unpaired) electrons. The van der Waals surface area contributed by atoms with Crippen molar-refractivity contribution < 1.29 is 44.8 Å². The molecule has 0 aliphatic rings. The Balaban J connectivity index is 0.000000805. The molecule has 2 aromatic rings. The van der Waals surface area contributed by atoms with Crippen molar-refractivity contribution in [1.29, 1.82) is 0 Å². The van der Waals surface area contributed by atoms with Crippen molar-refractivity contribution in [3.63, 3.8) is 0 Å². The van der Waals surface area contributed by atoms with E-state index in [4.69, 9.17) is 5.11 Å². The van der Waals surface area contributed by atoms with Gasteiger partial charge in [-0.2, -0.15) is 21.6 Å². The summed E-state index contributed by atoms with van der Waals surface area (Å²) in [5, 5.41) is 8.51. The lowest BCUT2D eigenvalue weighted by Gasteiger charge is -2.17. The molecule has 0 atom stereocenters. The minimum atomic E-state index is -5.83. The number of alkyl halides is 3. The average molecular weight is 485 g/mol. The van der Waals surface area contributed by atoms with Crippen molar-refractivity contribution in [2.75, 3.05) is 6.61 Å². The van der Waals surface area contributed by atoms with Crippen molar-refractivity contribution in [2.24, 2.45) is 0 Å². The van der Waals surface area contributed by atoms with Crippen molar-refractivity contribution >= 4 is 27.4 Å². The highest BCUT2D eigenvalue weighted by atomic mass is 32.2. The van der Waals surface area contributed by atoms with Gasteiger partial charge in [-0.15, -0.1) is 0 Å². The first-order chi connectivity index (χ1) is 14.5. The van der Waals surface area contributed by atoms with E-state index < -0.39 is 32.8 Å². The van der Waals surface area contributed by atoms with Crippen LogP contribution in [-0.2, 0) is 26.1 Å². The van der Waals surface area contributed by atoms with Crippen LogP contribution < -0.4 is 4.18 Å². The molecule has 6 nitrogen and oxygen atoms in total. The minimum Gasteiger partial charge on any atom is -0.468 e. The molecule has 1 N–H and O–H groups in total. The van der Waals surface area contributed by atoms with Gasteiger partial charge in [0.1, 0.15) is 5.82 Å². The quantitative estimate of drug-likeness (QED) is 0.277. The second-order valence-electron chi connectivity index (χ2n) is 7.35. The van der Waals surface area contributed by atoms with Gasteiger partial charge in [-0.05, 0) is 46.6 Å². The van der Waals surface area contributed by atoms with Crippen LogP contribution in [0.2, 0.25) is 0 Å². The Morgan fingerprint density at radius 2 is 1.53 bits per heavy atom. The molecule has 0 saturated heterocycles. The highest BCUT2D eigenvalue weighted by molar-refractivity contribution is 7.88. The number of carbonyl (C=O) groups excluding carboxylic acids is 1. The summed E-state index contributed by atoms with van der Waals surface area (Å²) in [4.78, 5) is 9.18. The van der Waals surface area contributed by atoms with Crippen molar-refractivity contribution in [3.05, 3.63) is 41.2 Å². The largest absolute Gasteiger partial charge is 0.534 e. The number of benzene rings is 2. The summed E-state index contributed by atoms with van der Waals surface area (Å²) in [7, 11) is -5.83. The van der Waals surface area contributed by atoms with Crippen LogP contribution in [0.15, 0.2) is 24.3 Å². The van der Waals surface area contributed by atoms with E-state index >= 15 is 0 Å². The number of rotatable bonds is 5. The lowest BCUT2D eigenvalue weighted by Crippen LogP contribution is -2.28. The summed E-state index contributed by atoms with van der Waals surface area (Å²) >= 11 is 0. The number of hydrogen-bond acceptors (Lipinski definition) is 6. The second-order valence-corrected chi connectivity index (χ2v) is 8.89. The molecule has 0 unspecified atom stereocenters. The maximum atomic E-state index is 14.3. The van der Waals surface area contributed by atoms with Crippen LogP contribution in [0.1, 0.15) is 45.7 Å². The smallest absolute Gasteiger partial charge is 0.468 e. The molecule has 182 valence electrons. The van der Waals surface area contributed by atoms with Crippen molar-refractivity contribution in [1.82, 2.24) is 0 Å². The van der Waals surface area contributed by atoms with E-state index in [0.29, 0.717) is 13.1 Å². The van der Waals surface area contributed by atoms with Crippen LogP contribution in [0.5, 0.6) is 5.75 Å². The van der Waals surface area contributed by atoms with E-state index in [0.717, 1.165) is 0 Å². The maximum Gasteiger partial charge on any atom is 0.534 e. The second kappa shape index (κ2) is 12.0. The van der Waals surface area contributed by atoms with Crippen LogP contribution in [0.3, 0.4) is 0 Å². The molecule has 0 fully saturated rings. The Morgan fingerprint density at radius 1 is 1.06 bits per heavy atom. The van der Waals surface area contributed by atoms with Crippen LogP contribution >= 0.6 is 0 Å². The van der Waals surface area contributed by atoms with Crippen molar-refractivity contribution in [3.8, 4) is 5.75 Å². The monoisotopic (exact) mass is 484 g/mol. The fourth-order valence-electron chi connectivity index (χ4n) is 2.29. The van der Waals surface area contributed by atoms with E-state index in [1.54, 1.807) is 34.6 Å². The van der Waals surface area contributed by atoms with E-state index in [1.807, 2.05) is 0 Å². The number of hydrogen-bond donors (Lipinski definition) is 1. The summed E-state index contributed by atoms with van der Waals surface area (Å²) < 4.78 is 83.0. The first-order valence-electron chi connectivity index (χ1n) is 9.49. The normalized spacial score (nSPS) is 11.6. The van der Waals surface area contributed by atoms with E-state index in [1.165, 1.54) is 31.2 Å². The lowest BCUT2D eigenvalue weighted by molar-refractivity contribution is -0.128. The summed E-state index contributed by atoms with van der Waals surface area (Å²) in [6, 6.07) is 5.63. The SMILES string of the molecule is CC(C)(C)O.CCOC=O.CCc1c(C)c(F)c2ccccc2c1OS(=O)(=O)C(F)(F)F. The standard InChI is InChI=1S/C14H12F4O3S.C4H10O.C3H6O2/c1-3-9-8(2)12(15)10-6-4-5-7-11(10)13(9)21-22(19,20)14(16,17)18;1-4(2,3)5;1-2-5-3-4/h4-7H,3H2,1-2H3;5H,1-3H3;3H,2H2,1H3. The number of ether oxygens (including phenoxy) is 1.